The molecule has 0 aliphatic carbocycles. The highest BCUT2D eigenvalue weighted by Gasteiger charge is 2.41. The smallest absolute Gasteiger partial charge is 0.212 e. The largest absolute Gasteiger partial charge is 0.497 e. The molecule has 0 bridgehead atoms. The highest BCUT2D eigenvalue weighted by Crippen LogP contribution is 2.39. The molecule has 0 amide bonds. The molecule has 156 valence electrons. The summed E-state index contributed by atoms with van der Waals surface area (Å²) in [5.74, 6) is 4.07. The second-order valence-corrected chi connectivity index (χ2v) is 9.35. The van der Waals surface area contributed by atoms with Crippen molar-refractivity contribution < 1.29 is 17.9 Å². The molecular formula is C23H29NO4S. The lowest BCUT2D eigenvalue weighted by atomic mass is 9.67. The molecule has 0 spiro atoms. The Hall–Kier alpha value is -2.49. The topological polar surface area (TPSA) is 78.6 Å². The third-order valence-electron chi connectivity index (χ3n) is 5.74. The van der Waals surface area contributed by atoms with Crippen molar-refractivity contribution in [1.29, 1.82) is 0 Å². The van der Waals surface area contributed by atoms with E-state index < -0.39 is 20.7 Å². The first kappa shape index (κ1) is 22.8. The van der Waals surface area contributed by atoms with Crippen molar-refractivity contribution in [1.82, 2.24) is 0 Å². The van der Waals surface area contributed by atoms with Gasteiger partial charge in [0.2, 0.25) is 10.0 Å². The Bertz CT molecular complexity index is 894. The molecule has 2 rings (SSSR count). The molecule has 0 fully saturated rings. The highest BCUT2D eigenvalue weighted by atomic mass is 32.2. The molecule has 0 aliphatic heterocycles. The van der Waals surface area contributed by atoms with Gasteiger partial charge in [0, 0.05) is 5.41 Å². The van der Waals surface area contributed by atoms with Gasteiger partial charge in [-0.05, 0) is 61.1 Å². The van der Waals surface area contributed by atoms with Crippen molar-refractivity contribution in [3.05, 3.63) is 59.7 Å². The highest BCUT2D eigenvalue weighted by molar-refractivity contribution is 7.89. The second-order valence-electron chi connectivity index (χ2n) is 7.43. The molecule has 0 saturated carbocycles. The summed E-state index contributed by atoms with van der Waals surface area (Å²) in [4.78, 5) is 0. The van der Waals surface area contributed by atoms with Crippen LogP contribution in [0.4, 0.5) is 0 Å². The normalized spacial score (nSPS) is 13.9. The number of methoxy groups -OCH3 is 2. The van der Waals surface area contributed by atoms with E-state index >= 15 is 0 Å². The van der Waals surface area contributed by atoms with Gasteiger partial charge in [-0.2, -0.15) is 0 Å². The maximum Gasteiger partial charge on any atom is 0.212 e. The van der Waals surface area contributed by atoms with Gasteiger partial charge in [0.1, 0.15) is 11.5 Å². The van der Waals surface area contributed by atoms with Gasteiger partial charge in [-0.3, -0.25) is 0 Å². The Labute approximate surface area is 174 Å². The van der Waals surface area contributed by atoms with Crippen LogP contribution in [0, 0.1) is 23.7 Å². The molecule has 0 aromatic heterocycles. The van der Waals surface area contributed by atoms with Crippen LogP contribution >= 0.6 is 0 Å². The van der Waals surface area contributed by atoms with Gasteiger partial charge in [0.15, 0.2) is 0 Å². The molecule has 2 N–H and O–H groups in total. The molecule has 2 aromatic rings. The lowest BCUT2D eigenvalue weighted by Gasteiger charge is -2.38. The van der Waals surface area contributed by atoms with Gasteiger partial charge in [0.25, 0.3) is 0 Å². The Morgan fingerprint density at radius 1 is 0.931 bits per heavy atom. The number of primary sulfonamides is 1. The molecule has 6 heteroatoms. The zero-order valence-corrected chi connectivity index (χ0v) is 18.2. The van der Waals surface area contributed by atoms with Crippen molar-refractivity contribution in [2.75, 3.05) is 14.2 Å². The number of benzene rings is 2. The summed E-state index contributed by atoms with van der Waals surface area (Å²) in [6.07, 6.45) is 7.09. The first-order valence-electron chi connectivity index (χ1n) is 9.40. The lowest BCUT2D eigenvalue weighted by Crippen LogP contribution is -2.43. The number of sulfonamides is 1. The standard InChI is InChI=1S/C23H29NO4S/c1-6-23(17(2)18(3)29(24,25)26,15-19-7-11-21(27-4)12-8-19)16-20-9-13-22(28-5)14-10-20/h1,7-14,17-18H,15-16H2,2-5H3,(H2,24,25,26). The van der Waals surface area contributed by atoms with Crippen molar-refractivity contribution in [2.45, 2.75) is 31.9 Å². The number of nitrogens with two attached hydrogens (primary N) is 1. The first-order chi connectivity index (χ1) is 13.6. The Morgan fingerprint density at radius 3 is 1.59 bits per heavy atom. The minimum atomic E-state index is -3.74. The van der Waals surface area contributed by atoms with Gasteiger partial charge in [-0.1, -0.05) is 37.1 Å². The molecule has 2 aromatic carbocycles. The average molecular weight is 416 g/mol. The van der Waals surface area contributed by atoms with E-state index in [9.17, 15) is 8.42 Å². The van der Waals surface area contributed by atoms with E-state index in [0.29, 0.717) is 12.8 Å². The lowest BCUT2D eigenvalue weighted by molar-refractivity contribution is 0.250. The van der Waals surface area contributed by atoms with Crippen LogP contribution in [0.1, 0.15) is 25.0 Å². The molecule has 2 unspecified atom stereocenters. The van der Waals surface area contributed by atoms with Crippen LogP contribution < -0.4 is 14.6 Å². The minimum absolute atomic E-state index is 0.369. The third kappa shape index (κ3) is 5.53. The SMILES string of the molecule is C#CC(Cc1ccc(OC)cc1)(Cc1ccc(OC)cc1)C(C)C(C)S(N)(=O)=O. The van der Waals surface area contributed by atoms with Crippen LogP contribution in [-0.2, 0) is 22.9 Å². The monoisotopic (exact) mass is 415 g/mol. The maximum atomic E-state index is 12.1. The van der Waals surface area contributed by atoms with Gasteiger partial charge >= 0.3 is 0 Å². The molecule has 0 radical (unpaired) electrons. The van der Waals surface area contributed by atoms with Crippen molar-refractivity contribution in [2.24, 2.45) is 16.5 Å². The number of ether oxygens (including phenoxy) is 2. The molecule has 0 saturated heterocycles. The fourth-order valence-electron chi connectivity index (χ4n) is 3.57. The van der Waals surface area contributed by atoms with Crippen LogP contribution in [0.25, 0.3) is 0 Å². The van der Waals surface area contributed by atoms with Gasteiger partial charge in [-0.25, -0.2) is 13.6 Å². The Morgan fingerprint density at radius 2 is 1.31 bits per heavy atom. The number of rotatable bonds is 9. The summed E-state index contributed by atoms with van der Waals surface area (Å²) < 4.78 is 34.6. The van der Waals surface area contributed by atoms with Gasteiger partial charge in [-0.15, -0.1) is 6.42 Å². The Balaban J connectivity index is 2.46. The van der Waals surface area contributed by atoms with E-state index in [1.807, 2.05) is 55.5 Å². The van der Waals surface area contributed by atoms with Crippen molar-refractivity contribution in [3.8, 4) is 23.8 Å². The van der Waals surface area contributed by atoms with E-state index in [1.165, 1.54) is 0 Å². The van der Waals surface area contributed by atoms with Gasteiger partial charge in [0.05, 0.1) is 19.5 Å². The number of hydrogen-bond acceptors (Lipinski definition) is 4. The quantitative estimate of drug-likeness (QED) is 0.637. The molecule has 0 aliphatic rings. The zero-order chi connectivity index (χ0) is 21.7. The molecule has 29 heavy (non-hydrogen) atoms. The summed E-state index contributed by atoms with van der Waals surface area (Å²) in [6.45, 7) is 3.48. The van der Waals surface area contributed by atoms with Crippen LogP contribution in [-0.4, -0.2) is 27.9 Å². The predicted octanol–water partition coefficient (Wildman–Crippen LogP) is 3.42. The van der Waals surface area contributed by atoms with Crippen LogP contribution in [0.5, 0.6) is 11.5 Å². The zero-order valence-electron chi connectivity index (χ0n) is 17.4. The predicted molar refractivity (Wildman–Crippen MR) is 116 cm³/mol. The van der Waals surface area contributed by atoms with Crippen molar-refractivity contribution in [3.63, 3.8) is 0 Å². The summed E-state index contributed by atoms with van der Waals surface area (Å²) in [7, 11) is -0.514. The number of hydrogen-bond donors (Lipinski definition) is 1. The summed E-state index contributed by atoms with van der Waals surface area (Å²) in [5, 5.41) is 4.68. The van der Waals surface area contributed by atoms with E-state index in [1.54, 1.807) is 21.1 Å². The summed E-state index contributed by atoms with van der Waals surface area (Å²) in [6, 6.07) is 15.3. The second kappa shape index (κ2) is 9.34. The molecule has 5 nitrogen and oxygen atoms in total. The fraction of sp³-hybridized carbons (Fsp3) is 0.391. The Kier molecular flexibility index (Phi) is 7.34. The van der Waals surface area contributed by atoms with Gasteiger partial charge < -0.3 is 9.47 Å². The van der Waals surface area contributed by atoms with Crippen LogP contribution in [0.3, 0.4) is 0 Å². The first-order valence-corrected chi connectivity index (χ1v) is 11.0. The third-order valence-corrected chi connectivity index (χ3v) is 7.18. The summed E-state index contributed by atoms with van der Waals surface area (Å²) >= 11 is 0. The minimum Gasteiger partial charge on any atom is -0.497 e. The molecular weight excluding hydrogens is 386 g/mol. The maximum absolute atomic E-state index is 12.1. The molecule has 2 atom stereocenters. The van der Waals surface area contributed by atoms with E-state index in [0.717, 1.165) is 22.6 Å². The average Bonchev–Trinajstić information content (AvgIpc) is 2.72. The number of terminal acetylenes is 1. The van der Waals surface area contributed by atoms with Crippen LogP contribution in [0.2, 0.25) is 0 Å². The van der Waals surface area contributed by atoms with E-state index in [-0.39, 0.29) is 5.92 Å². The summed E-state index contributed by atoms with van der Waals surface area (Å²) in [5.41, 5.74) is 1.27. The van der Waals surface area contributed by atoms with Crippen LogP contribution in [0.15, 0.2) is 48.5 Å². The molecule has 0 heterocycles. The van der Waals surface area contributed by atoms with Crippen molar-refractivity contribution >= 4 is 10.0 Å². The van der Waals surface area contributed by atoms with E-state index in [4.69, 9.17) is 21.0 Å². The van der Waals surface area contributed by atoms with E-state index in [2.05, 4.69) is 5.92 Å². The fourth-order valence-corrected chi connectivity index (χ4v) is 4.40.